The van der Waals surface area contributed by atoms with Crippen LogP contribution in [0.5, 0.6) is 0 Å². The van der Waals surface area contributed by atoms with Crippen LogP contribution in [0.15, 0.2) is 12.7 Å². The highest BCUT2D eigenvalue weighted by molar-refractivity contribution is 7.92. The van der Waals surface area contributed by atoms with Gasteiger partial charge in [0.2, 0.25) is 5.91 Å². The summed E-state index contributed by atoms with van der Waals surface area (Å²) in [5.41, 5.74) is 0. The summed E-state index contributed by atoms with van der Waals surface area (Å²) in [6.45, 7) is 4.29. The van der Waals surface area contributed by atoms with E-state index >= 15 is 0 Å². The lowest BCUT2D eigenvalue weighted by Gasteiger charge is -2.39. The molecule has 0 atom stereocenters. The summed E-state index contributed by atoms with van der Waals surface area (Å²) in [4.78, 5) is 13.1. The van der Waals surface area contributed by atoms with Crippen LogP contribution in [-0.2, 0) is 14.6 Å². The van der Waals surface area contributed by atoms with E-state index in [-0.39, 0.29) is 11.7 Å². The van der Waals surface area contributed by atoms with Crippen LogP contribution in [0, 0.1) is 0 Å². The Morgan fingerprint density at radius 1 is 1.25 bits per heavy atom. The van der Waals surface area contributed by atoms with Gasteiger partial charge in [0.1, 0.15) is 0 Å². The van der Waals surface area contributed by atoms with Crippen molar-refractivity contribution in [3.63, 3.8) is 0 Å². The first kappa shape index (κ1) is 11.6. The van der Waals surface area contributed by atoms with Crippen LogP contribution in [-0.4, -0.2) is 42.8 Å². The Bertz CT molecular complexity index is 409. The molecule has 2 aliphatic rings. The van der Waals surface area contributed by atoms with Crippen LogP contribution < -0.4 is 0 Å². The molecule has 1 aliphatic carbocycles. The van der Waals surface area contributed by atoms with Crippen molar-refractivity contribution >= 4 is 15.7 Å². The summed E-state index contributed by atoms with van der Waals surface area (Å²) >= 11 is 0. The summed E-state index contributed by atoms with van der Waals surface area (Å²) in [5, 5.41) is 0. The van der Waals surface area contributed by atoms with Crippen molar-refractivity contribution in [2.45, 2.75) is 30.4 Å². The molecule has 2 fully saturated rings. The molecule has 0 N–H and O–H groups in total. The predicted octanol–water partition coefficient (Wildman–Crippen LogP) is 0.742. The van der Waals surface area contributed by atoms with Crippen molar-refractivity contribution in [3.8, 4) is 0 Å². The second-order valence-electron chi connectivity index (χ2n) is 4.63. The predicted molar refractivity (Wildman–Crippen MR) is 61.8 cm³/mol. The molecule has 1 aliphatic heterocycles. The zero-order valence-corrected chi connectivity index (χ0v) is 10.1. The van der Waals surface area contributed by atoms with Gasteiger partial charge in [-0.3, -0.25) is 4.79 Å². The van der Waals surface area contributed by atoms with Gasteiger partial charge >= 0.3 is 0 Å². The molecule has 5 heteroatoms. The van der Waals surface area contributed by atoms with Crippen LogP contribution in [0.2, 0.25) is 0 Å². The van der Waals surface area contributed by atoms with Gasteiger partial charge in [-0.05, 0) is 25.3 Å². The molecule has 90 valence electrons. The number of sulfone groups is 1. The van der Waals surface area contributed by atoms with Crippen molar-refractivity contribution < 1.29 is 13.2 Å². The van der Waals surface area contributed by atoms with E-state index in [1.807, 2.05) is 0 Å². The van der Waals surface area contributed by atoms with Crippen LogP contribution >= 0.6 is 0 Å². The molecule has 2 rings (SSSR count). The molecule has 0 aromatic carbocycles. The maximum atomic E-state index is 12.1. The lowest BCUT2D eigenvalue weighted by molar-refractivity contribution is -0.125. The molecule has 0 unspecified atom stereocenters. The Labute approximate surface area is 96.2 Å². The molecule has 1 heterocycles. The van der Waals surface area contributed by atoms with Crippen LogP contribution in [0.3, 0.4) is 0 Å². The first-order valence-corrected chi connectivity index (χ1v) is 7.30. The monoisotopic (exact) mass is 243 g/mol. The quantitative estimate of drug-likeness (QED) is 0.638. The largest absolute Gasteiger partial charge is 0.338 e. The van der Waals surface area contributed by atoms with Crippen molar-refractivity contribution in [1.82, 2.24) is 4.90 Å². The smallest absolute Gasteiger partial charge is 0.245 e. The van der Waals surface area contributed by atoms with E-state index in [9.17, 15) is 13.2 Å². The average molecular weight is 243 g/mol. The molecule has 1 saturated heterocycles. The van der Waals surface area contributed by atoms with E-state index in [2.05, 4.69) is 6.58 Å². The number of rotatable bonds is 1. The Kier molecular flexibility index (Phi) is 2.82. The van der Waals surface area contributed by atoms with Gasteiger partial charge in [0, 0.05) is 13.1 Å². The Morgan fingerprint density at radius 3 is 2.44 bits per heavy atom. The summed E-state index contributed by atoms with van der Waals surface area (Å²) in [6, 6.07) is 0. The minimum atomic E-state index is -3.03. The van der Waals surface area contributed by atoms with Crippen LogP contribution in [0.25, 0.3) is 0 Å². The molecular formula is C11H17NO3S. The van der Waals surface area contributed by atoms with Gasteiger partial charge < -0.3 is 4.90 Å². The second kappa shape index (κ2) is 3.87. The van der Waals surface area contributed by atoms with Gasteiger partial charge in [-0.15, -0.1) is 0 Å². The molecule has 0 radical (unpaired) electrons. The maximum Gasteiger partial charge on any atom is 0.245 e. The third-order valence-electron chi connectivity index (χ3n) is 3.88. The van der Waals surface area contributed by atoms with Gasteiger partial charge in [0.15, 0.2) is 9.84 Å². The highest BCUT2D eigenvalue weighted by atomic mass is 32.2. The highest BCUT2D eigenvalue weighted by Crippen LogP contribution is 2.43. The van der Waals surface area contributed by atoms with E-state index in [1.54, 1.807) is 4.90 Å². The summed E-state index contributed by atoms with van der Waals surface area (Å²) in [6.07, 6.45) is 4.38. The maximum absolute atomic E-state index is 12.1. The molecular weight excluding hydrogens is 226 g/mol. The third kappa shape index (κ3) is 1.67. The average Bonchev–Trinajstić information content (AvgIpc) is 2.32. The molecule has 16 heavy (non-hydrogen) atoms. The highest BCUT2D eigenvalue weighted by Gasteiger charge is 2.49. The number of nitrogens with zero attached hydrogens (tertiary/aromatic N) is 1. The molecule has 1 amide bonds. The van der Waals surface area contributed by atoms with Crippen molar-refractivity contribution in [2.75, 3.05) is 18.8 Å². The Hall–Kier alpha value is -0.840. The van der Waals surface area contributed by atoms with Crippen molar-refractivity contribution in [2.24, 2.45) is 0 Å². The third-order valence-corrected chi connectivity index (χ3v) is 6.53. The molecule has 1 saturated carbocycles. The minimum absolute atomic E-state index is 0.104. The van der Waals surface area contributed by atoms with Gasteiger partial charge in [-0.25, -0.2) is 8.42 Å². The van der Waals surface area contributed by atoms with E-state index in [4.69, 9.17) is 0 Å². The number of amides is 1. The lowest BCUT2D eigenvalue weighted by atomic mass is 9.81. The van der Waals surface area contributed by atoms with E-state index < -0.39 is 14.6 Å². The van der Waals surface area contributed by atoms with Gasteiger partial charge in [-0.2, -0.15) is 0 Å². The first-order chi connectivity index (χ1) is 7.51. The lowest BCUT2D eigenvalue weighted by Crippen LogP contribution is -2.46. The second-order valence-corrected chi connectivity index (χ2v) is 7.14. The van der Waals surface area contributed by atoms with Gasteiger partial charge in [0.05, 0.1) is 10.5 Å². The zero-order valence-electron chi connectivity index (χ0n) is 9.31. The first-order valence-electron chi connectivity index (χ1n) is 5.64. The number of carbonyl (C=O) groups is 1. The van der Waals surface area contributed by atoms with Crippen LogP contribution in [0.4, 0.5) is 0 Å². The molecule has 0 aromatic rings. The number of hydrogen-bond donors (Lipinski definition) is 0. The van der Waals surface area contributed by atoms with Crippen molar-refractivity contribution in [3.05, 3.63) is 12.7 Å². The summed E-state index contributed by atoms with van der Waals surface area (Å²) < 4.78 is 23.7. The molecule has 0 bridgehead atoms. The Balaban J connectivity index is 2.18. The number of carbonyl (C=O) groups excluding carboxylic acids is 1. The van der Waals surface area contributed by atoms with Gasteiger partial charge in [0.25, 0.3) is 0 Å². The topological polar surface area (TPSA) is 54.5 Å². The molecule has 1 spiro atoms. The summed E-state index contributed by atoms with van der Waals surface area (Å²) in [7, 11) is -3.03. The van der Waals surface area contributed by atoms with Crippen LogP contribution in [0.1, 0.15) is 25.7 Å². The Morgan fingerprint density at radius 2 is 1.94 bits per heavy atom. The van der Waals surface area contributed by atoms with E-state index in [0.29, 0.717) is 19.5 Å². The standard InChI is InChI=1S/C11H17NO3S/c1-2-10(13)12-7-6-11(4-3-5-11)16(14,15)9-8-12/h2H,1,3-9H2. The minimum Gasteiger partial charge on any atom is -0.338 e. The fraction of sp³-hybridized carbons (Fsp3) is 0.727. The normalized spacial score (nSPS) is 26.9. The number of hydrogen-bond acceptors (Lipinski definition) is 3. The zero-order chi connectivity index (χ0) is 11.8. The van der Waals surface area contributed by atoms with E-state index in [1.165, 1.54) is 6.08 Å². The van der Waals surface area contributed by atoms with E-state index in [0.717, 1.165) is 19.3 Å². The van der Waals surface area contributed by atoms with Gasteiger partial charge in [-0.1, -0.05) is 13.0 Å². The molecule has 4 nitrogen and oxygen atoms in total. The SMILES string of the molecule is C=CC(=O)N1CCC2(CCC2)S(=O)(=O)CC1. The molecule has 0 aromatic heterocycles. The van der Waals surface area contributed by atoms with Crippen molar-refractivity contribution in [1.29, 1.82) is 0 Å². The fourth-order valence-electron chi connectivity index (χ4n) is 2.53. The fourth-order valence-corrected chi connectivity index (χ4v) is 4.74. The summed E-state index contributed by atoms with van der Waals surface area (Å²) in [5.74, 6) is -0.0568.